The molecule has 1 heterocycles. The van der Waals surface area contributed by atoms with E-state index in [0.717, 1.165) is 24.2 Å². The van der Waals surface area contributed by atoms with Crippen molar-refractivity contribution < 1.29 is 14.8 Å². The Hall–Kier alpha value is -2.00. The Morgan fingerprint density at radius 3 is 2.55 bits per heavy atom. The van der Waals surface area contributed by atoms with Crippen molar-refractivity contribution in [2.24, 2.45) is 0 Å². The lowest BCUT2D eigenvalue weighted by atomic mass is 10.2. The maximum absolute atomic E-state index is 11.0. The number of aromatic nitrogens is 2. The van der Waals surface area contributed by atoms with Gasteiger partial charge >= 0.3 is 11.7 Å². The number of carboxylic acid groups (broad SMARTS) is 1. The van der Waals surface area contributed by atoms with Crippen LogP contribution in [0.5, 0.6) is 0 Å². The number of aromatic carboxylic acids is 1. The van der Waals surface area contributed by atoms with Crippen LogP contribution < -0.4 is 0 Å². The third-order valence-electron chi connectivity index (χ3n) is 2.20. The van der Waals surface area contributed by atoms with Gasteiger partial charge in [0.1, 0.15) is 12.4 Å². The molecule has 0 aliphatic heterocycles. The summed E-state index contributed by atoms with van der Waals surface area (Å²) in [7, 11) is 0. The predicted molar refractivity (Wildman–Crippen MR) is 73.9 cm³/mol. The second kappa shape index (κ2) is 5.97. The molecular formula is C11H6BrN3O4S. The highest BCUT2D eigenvalue weighted by atomic mass is 79.9. The topological polar surface area (TPSA) is 106 Å². The zero-order valence-corrected chi connectivity index (χ0v) is 12.1. The van der Waals surface area contributed by atoms with Gasteiger partial charge < -0.3 is 5.11 Å². The Labute approximate surface area is 125 Å². The SMILES string of the molecule is O=C(O)c1cc(Sc2ncc([N+](=O)[O-])cn2)ccc1Br. The number of hydrogen-bond donors (Lipinski definition) is 1. The van der Waals surface area contributed by atoms with Gasteiger partial charge in [-0.05, 0) is 45.9 Å². The van der Waals surface area contributed by atoms with Crippen molar-refractivity contribution in [2.45, 2.75) is 10.1 Å². The van der Waals surface area contributed by atoms with E-state index < -0.39 is 10.9 Å². The summed E-state index contributed by atoms with van der Waals surface area (Å²) in [6, 6.07) is 4.78. The first-order chi connectivity index (χ1) is 9.47. The van der Waals surface area contributed by atoms with Crippen LogP contribution in [0, 0.1) is 10.1 Å². The predicted octanol–water partition coefficient (Wildman–Crippen LogP) is 3.00. The normalized spacial score (nSPS) is 10.2. The molecule has 0 radical (unpaired) electrons. The van der Waals surface area contributed by atoms with Gasteiger partial charge in [-0.25, -0.2) is 14.8 Å². The minimum Gasteiger partial charge on any atom is -0.478 e. The van der Waals surface area contributed by atoms with E-state index in [9.17, 15) is 14.9 Å². The van der Waals surface area contributed by atoms with Gasteiger partial charge in [0.2, 0.25) is 0 Å². The van der Waals surface area contributed by atoms with E-state index in [1.807, 2.05) is 0 Å². The van der Waals surface area contributed by atoms with Crippen LogP contribution >= 0.6 is 27.7 Å². The van der Waals surface area contributed by atoms with Gasteiger partial charge in [-0.3, -0.25) is 10.1 Å². The second-order valence-corrected chi connectivity index (χ2v) is 5.42. The number of carboxylic acids is 1. The zero-order valence-electron chi connectivity index (χ0n) is 9.69. The standard InChI is InChI=1S/C11H6BrN3O4S/c12-9-2-1-7(3-8(9)10(16)17)20-11-13-4-6(5-14-11)15(18)19/h1-5H,(H,16,17). The van der Waals surface area contributed by atoms with Crippen molar-refractivity contribution in [3.63, 3.8) is 0 Å². The van der Waals surface area contributed by atoms with E-state index in [4.69, 9.17) is 5.11 Å². The molecule has 0 aliphatic carbocycles. The van der Waals surface area contributed by atoms with Crippen LogP contribution in [0.2, 0.25) is 0 Å². The van der Waals surface area contributed by atoms with Gasteiger partial charge in [-0.1, -0.05) is 0 Å². The van der Waals surface area contributed by atoms with E-state index in [1.54, 1.807) is 12.1 Å². The molecule has 0 unspecified atom stereocenters. The third kappa shape index (κ3) is 3.31. The van der Waals surface area contributed by atoms with Crippen LogP contribution in [-0.2, 0) is 0 Å². The lowest BCUT2D eigenvalue weighted by Crippen LogP contribution is -1.98. The third-order valence-corrected chi connectivity index (χ3v) is 3.78. The average Bonchev–Trinajstić information content (AvgIpc) is 2.41. The molecule has 1 aromatic carbocycles. The fourth-order valence-electron chi connectivity index (χ4n) is 1.29. The van der Waals surface area contributed by atoms with Gasteiger partial charge in [0.25, 0.3) is 0 Å². The van der Waals surface area contributed by atoms with Crippen molar-refractivity contribution in [3.05, 3.63) is 50.7 Å². The van der Waals surface area contributed by atoms with Gasteiger partial charge in [0.15, 0.2) is 5.16 Å². The Kier molecular flexibility index (Phi) is 4.30. The molecule has 0 saturated carbocycles. The Morgan fingerprint density at radius 2 is 2.00 bits per heavy atom. The van der Waals surface area contributed by atoms with Crippen LogP contribution in [0.4, 0.5) is 5.69 Å². The van der Waals surface area contributed by atoms with Crippen molar-refractivity contribution in [1.29, 1.82) is 0 Å². The summed E-state index contributed by atoms with van der Waals surface area (Å²) in [5.74, 6) is -1.05. The Balaban J connectivity index is 2.23. The first-order valence-electron chi connectivity index (χ1n) is 5.14. The largest absolute Gasteiger partial charge is 0.478 e. The lowest BCUT2D eigenvalue weighted by molar-refractivity contribution is -0.385. The smallest absolute Gasteiger partial charge is 0.336 e. The average molecular weight is 356 g/mol. The van der Waals surface area contributed by atoms with Crippen LogP contribution in [0.3, 0.4) is 0 Å². The van der Waals surface area contributed by atoms with Crippen molar-refractivity contribution in [3.8, 4) is 0 Å². The number of nitro groups is 1. The van der Waals surface area contributed by atoms with Crippen molar-refractivity contribution in [1.82, 2.24) is 9.97 Å². The monoisotopic (exact) mass is 355 g/mol. The van der Waals surface area contributed by atoms with Crippen molar-refractivity contribution in [2.75, 3.05) is 0 Å². The molecule has 2 rings (SSSR count). The molecule has 0 atom stereocenters. The second-order valence-electron chi connectivity index (χ2n) is 3.53. The van der Waals surface area contributed by atoms with Crippen LogP contribution in [-0.4, -0.2) is 26.0 Å². The Bertz CT molecular complexity index is 678. The fraction of sp³-hybridized carbons (Fsp3) is 0. The Morgan fingerprint density at radius 1 is 1.35 bits per heavy atom. The van der Waals surface area contributed by atoms with E-state index >= 15 is 0 Å². The first kappa shape index (κ1) is 14.4. The molecule has 0 saturated heterocycles. The van der Waals surface area contributed by atoms with E-state index in [-0.39, 0.29) is 11.3 Å². The number of benzene rings is 1. The molecule has 1 N–H and O–H groups in total. The van der Waals surface area contributed by atoms with Crippen LogP contribution in [0.25, 0.3) is 0 Å². The molecule has 102 valence electrons. The molecule has 0 aliphatic rings. The molecule has 9 heteroatoms. The summed E-state index contributed by atoms with van der Waals surface area (Å²) >= 11 is 4.26. The minimum atomic E-state index is -1.05. The molecule has 1 aromatic heterocycles. The summed E-state index contributed by atoms with van der Waals surface area (Å²) in [6.45, 7) is 0. The summed E-state index contributed by atoms with van der Waals surface area (Å²) < 4.78 is 0.471. The van der Waals surface area contributed by atoms with Crippen LogP contribution in [0.1, 0.15) is 10.4 Å². The quantitative estimate of drug-likeness (QED) is 0.510. The highest BCUT2D eigenvalue weighted by Crippen LogP contribution is 2.28. The highest BCUT2D eigenvalue weighted by molar-refractivity contribution is 9.10. The van der Waals surface area contributed by atoms with Crippen LogP contribution in [0.15, 0.2) is 45.1 Å². The molecule has 7 nitrogen and oxygen atoms in total. The minimum absolute atomic E-state index is 0.122. The van der Waals surface area contributed by atoms with E-state index in [1.165, 1.54) is 6.07 Å². The zero-order chi connectivity index (χ0) is 14.7. The molecular weight excluding hydrogens is 350 g/mol. The fourth-order valence-corrected chi connectivity index (χ4v) is 2.44. The number of nitrogens with zero attached hydrogens (tertiary/aromatic N) is 3. The summed E-state index contributed by atoms with van der Waals surface area (Å²) in [5, 5.41) is 19.8. The summed E-state index contributed by atoms with van der Waals surface area (Å²) in [5.41, 5.74) is -0.0757. The number of carbonyl (C=O) groups is 1. The van der Waals surface area contributed by atoms with E-state index in [2.05, 4.69) is 25.9 Å². The molecule has 2 aromatic rings. The first-order valence-corrected chi connectivity index (χ1v) is 6.75. The molecule has 0 fully saturated rings. The van der Waals surface area contributed by atoms with E-state index in [0.29, 0.717) is 14.5 Å². The van der Waals surface area contributed by atoms with Gasteiger partial charge in [0.05, 0.1) is 10.5 Å². The molecule has 0 spiro atoms. The van der Waals surface area contributed by atoms with Gasteiger partial charge in [-0.2, -0.15) is 0 Å². The van der Waals surface area contributed by atoms with Gasteiger partial charge in [0, 0.05) is 9.37 Å². The number of rotatable bonds is 4. The lowest BCUT2D eigenvalue weighted by Gasteiger charge is -2.03. The summed E-state index contributed by atoms with van der Waals surface area (Å²) in [6.07, 6.45) is 2.21. The highest BCUT2D eigenvalue weighted by Gasteiger charge is 2.11. The maximum Gasteiger partial charge on any atom is 0.336 e. The maximum atomic E-state index is 11.0. The van der Waals surface area contributed by atoms with Crippen molar-refractivity contribution >= 4 is 39.3 Å². The number of halogens is 1. The number of hydrogen-bond acceptors (Lipinski definition) is 6. The molecule has 20 heavy (non-hydrogen) atoms. The molecule has 0 amide bonds. The molecule has 0 bridgehead atoms. The summed E-state index contributed by atoms with van der Waals surface area (Å²) in [4.78, 5) is 29.2. The van der Waals surface area contributed by atoms with Gasteiger partial charge in [-0.15, -0.1) is 0 Å².